The van der Waals surface area contributed by atoms with Gasteiger partial charge in [-0.05, 0) is 51.3 Å². The molecule has 38 heavy (non-hydrogen) atoms. The fourth-order valence-corrected chi connectivity index (χ4v) is 5.04. The minimum absolute atomic E-state index is 0.0271. The van der Waals surface area contributed by atoms with Crippen molar-refractivity contribution in [3.05, 3.63) is 63.7 Å². The molecule has 3 aromatic rings. The Morgan fingerprint density at radius 2 is 1.87 bits per heavy atom. The summed E-state index contributed by atoms with van der Waals surface area (Å²) in [5.74, 6) is -4.18. The number of hydrogen-bond donors (Lipinski definition) is 2. The van der Waals surface area contributed by atoms with E-state index in [-0.39, 0.29) is 40.4 Å². The lowest BCUT2D eigenvalue weighted by molar-refractivity contribution is 0.0518. The highest BCUT2D eigenvalue weighted by molar-refractivity contribution is 5.92. The highest BCUT2D eigenvalue weighted by Crippen LogP contribution is 2.46. The van der Waals surface area contributed by atoms with E-state index in [1.54, 1.807) is 25.7 Å². The van der Waals surface area contributed by atoms with Crippen LogP contribution in [0.2, 0.25) is 0 Å². The number of benzene rings is 1. The van der Waals surface area contributed by atoms with Crippen LogP contribution in [0.1, 0.15) is 37.6 Å². The van der Waals surface area contributed by atoms with Gasteiger partial charge in [0.05, 0.1) is 11.1 Å². The predicted octanol–water partition coefficient (Wildman–Crippen LogP) is 3.85. The highest BCUT2D eigenvalue weighted by atomic mass is 19.1. The number of carboxylic acid groups (broad SMARTS) is 1. The summed E-state index contributed by atoms with van der Waals surface area (Å²) in [6.07, 6.45) is 1.01. The number of carboxylic acids is 1. The van der Waals surface area contributed by atoms with Crippen LogP contribution in [-0.4, -0.2) is 51.5 Å². The zero-order chi connectivity index (χ0) is 27.5. The molecule has 1 aliphatic heterocycles. The van der Waals surface area contributed by atoms with Crippen LogP contribution in [0.4, 0.5) is 23.8 Å². The molecule has 0 radical (unpaired) electrons. The third-order valence-corrected chi connectivity index (χ3v) is 6.79. The van der Waals surface area contributed by atoms with Crippen LogP contribution in [-0.2, 0) is 4.74 Å². The summed E-state index contributed by atoms with van der Waals surface area (Å²) < 4.78 is 49.9. The normalized spacial score (nSPS) is 20.7. The molecule has 0 spiro atoms. The molecule has 1 aromatic carbocycles. The molecule has 1 saturated heterocycles. The van der Waals surface area contributed by atoms with Gasteiger partial charge in [-0.2, -0.15) is 0 Å². The topological polar surface area (TPSA) is 114 Å². The summed E-state index contributed by atoms with van der Waals surface area (Å²) in [6.45, 7) is 6.06. The minimum atomic E-state index is -1.59. The summed E-state index contributed by atoms with van der Waals surface area (Å²) in [4.78, 5) is 42.7. The van der Waals surface area contributed by atoms with Gasteiger partial charge in [-0.1, -0.05) is 0 Å². The molecule has 3 heterocycles. The lowest BCUT2D eigenvalue weighted by Gasteiger charge is -2.28. The second-order valence-electron chi connectivity index (χ2n) is 10.5. The molecule has 2 fully saturated rings. The number of nitrogens with zero attached hydrogens (tertiary/aromatic N) is 3. The van der Waals surface area contributed by atoms with Gasteiger partial charge < -0.3 is 20.1 Å². The fourth-order valence-electron chi connectivity index (χ4n) is 5.04. The van der Waals surface area contributed by atoms with E-state index in [1.807, 2.05) is 0 Å². The molecule has 2 N–H and O–H groups in total. The number of halogens is 3. The number of carbonyl (C=O) groups excluding carboxylic acids is 1. The number of aromatic nitrogens is 2. The molecule has 2 aliphatic rings. The van der Waals surface area contributed by atoms with Crippen LogP contribution in [0, 0.1) is 29.3 Å². The summed E-state index contributed by atoms with van der Waals surface area (Å²) in [6, 6.07) is 3.42. The second-order valence-corrected chi connectivity index (χ2v) is 10.5. The number of hydrogen-bond acceptors (Lipinski definition) is 6. The molecule has 12 heteroatoms. The van der Waals surface area contributed by atoms with Crippen molar-refractivity contribution in [3.8, 4) is 5.69 Å². The fraction of sp³-hybridized carbons (Fsp3) is 0.385. The Hall–Kier alpha value is -4.09. The van der Waals surface area contributed by atoms with Gasteiger partial charge in [-0.15, -0.1) is 0 Å². The van der Waals surface area contributed by atoms with Gasteiger partial charge in [0.2, 0.25) is 5.43 Å². The van der Waals surface area contributed by atoms with Crippen LogP contribution < -0.4 is 15.6 Å². The van der Waals surface area contributed by atoms with E-state index in [0.717, 1.165) is 29.0 Å². The Morgan fingerprint density at radius 1 is 1.13 bits per heavy atom. The van der Waals surface area contributed by atoms with E-state index in [1.165, 1.54) is 0 Å². The van der Waals surface area contributed by atoms with E-state index in [2.05, 4.69) is 10.3 Å². The largest absolute Gasteiger partial charge is 0.477 e. The lowest BCUT2D eigenvalue weighted by Crippen LogP contribution is -2.35. The first-order valence-electron chi connectivity index (χ1n) is 12.0. The number of nitrogens with one attached hydrogen (secondary N) is 1. The van der Waals surface area contributed by atoms with Gasteiger partial charge in [-0.3, -0.25) is 9.36 Å². The van der Waals surface area contributed by atoms with Crippen LogP contribution in [0.25, 0.3) is 16.7 Å². The summed E-state index contributed by atoms with van der Waals surface area (Å²) >= 11 is 0. The van der Waals surface area contributed by atoms with Crippen LogP contribution in [0.5, 0.6) is 0 Å². The number of ether oxygens (including phenoxy) is 1. The maximum Gasteiger partial charge on any atom is 0.407 e. The monoisotopic (exact) mass is 530 g/mol. The van der Waals surface area contributed by atoms with Crippen molar-refractivity contribution in [2.24, 2.45) is 11.8 Å². The smallest absolute Gasteiger partial charge is 0.407 e. The van der Waals surface area contributed by atoms with Crippen LogP contribution in [0.15, 0.2) is 35.3 Å². The molecule has 2 aromatic heterocycles. The average Bonchev–Trinajstić information content (AvgIpc) is 3.49. The SMILES string of the molecule is CC(C)(C)OC(=O)N[C@H]1[C@@H]2CCN(c3nc4c(cc3F)c(=O)c(C(=O)O)cn4-c3ccc(F)cc3F)C[C@@H]21. The Balaban J connectivity index is 1.51. The van der Waals surface area contributed by atoms with E-state index < -0.39 is 46.1 Å². The van der Waals surface area contributed by atoms with Crippen molar-refractivity contribution >= 4 is 28.9 Å². The molecular formula is C26H25F3N4O5. The third kappa shape index (κ3) is 4.66. The Morgan fingerprint density at radius 3 is 2.53 bits per heavy atom. The molecular weight excluding hydrogens is 505 g/mol. The zero-order valence-corrected chi connectivity index (χ0v) is 20.8. The highest BCUT2D eigenvalue weighted by Gasteiger charge is 2.54. The van der Waals surface area contributed by atoms with Gasteiger partial charge in [-0.25, -0.2) is 27.7 Å². The predicted molar refractivity (Wildman–Crippen MR) is 131 cm³/mol. The number of carbonyl (C=O) groups is 2. The Bertz CT molecular complexity index is 1530. The summed E-state index contributed by atoms with van der Waals surface area (Å²) in [5, 5.41) is 12.0. The number of rotatable bonds is 4. The first kappa shape index (κ1) is 25.6. The summed E-state index contributed by atoms with van der Waals surface area (Å²) in [5.41, 5.74) is -2.78. The van der Waals surface area contributed by atoms with Gasteiger partial charge >= 0.3 is 12.1 Å². The number of piperidine rings is 1. The van der Waals surface area contributed by atoms with E-state index >= 15 is 4.39 Å². The van der Waals surface area contributed by atoms with Crippen molar-refractivity contribution in [2.75, 3.05) is 18.0 Å². The molecule has 0 bridgehead atoms. The molecule has 1 saturated carbocycles. The lowest BCUT2D eigenvalue weighted by atomic mass is 10.1. The van der Waals surface area contributed by atoms with Crippen LogP contribution in [0.3, 0.4) is 0 Å². The molecule has 0 unspecified atom stereocenters. The number of pyridine rings is 2. The van der Waals surface area contributed by atoms with Crippen molar-refractivity contribution in [1.82, 2.24) is 14.9 Å². The maximum absolute atomic E-state index is 15.3. The summed E-state index contributed by atoms with van der Waals surface area (Å²) in [7, 11) is 0. The quantitative estimate of drug-likeness (QED) is 0.527. The van der Waals surface area contributed by atoms with E-state index in [0.29, 0.717) is 25.6 Å². The number of amides is 1. The van der Waals surface area contributed by atoms with Crippen molar-refractivity contribution < 1.29 is 32.6 Å². The first-order valence-corrected chi connectivity index (χ1v) is 12.0. The van der Waals surface area contributed by atoms with Crippen molar-refractivity contribution in [2.45, 2.75) is 38.8 Å². The zero-order valence-electron chi connectivity index (χ0n) is 20.8. The van der Waals surface area contributed by atoms with Gasteiger partial charge in [0.15, 0.2) is 17.3 Å². The molecule has 1 aliphatic carbocycles. The number of anilines is 1. The van der Waals surface area contributed by atoms with Gasteiger partial charge in [0, 0.05) is 37.3 Å². The first-order chi connectivity index (χ1) is 17.8. The van der Waals surface area contributed by atoms with E-state index in [4.69, 9.17) is 4.74 Å². The Kier molecular flexibility index (Phi) is 6.07. The van der Waals surface area contributed by atoms with E-state index in [9.17, 15) is 28.3 Å². The van der Waals surface area contributed by atoms with Gasteiger partial charge in [0.25, 0.3) is 0 Å². The number of fused-ring (bicyclic) bond motifs is 2. The number of alkyl carbamates (subject to hydrolysis) is 1. The van der Waals surface area contributed by atoms with Crippen molar-refractivity contribution in [3.63, 3.8) is 0 Å². The second kappa shape index (κ2) is 9.03. The third-order valence-electron chi connectivity index (χ3n) is 6.79. The molecule has 200 valence electrons. The molecule has 9 nitrogen and oxygen atoms in total. The Labute approximate surface area is 214 Å². The molecule has 5 rings (SSSR count). The van der Waals surface area contributed by atoms with Gasteiger partial charge in [0.1, 0.15) is 22.8 Å². The molecule has 1 amide bonds. The average molecular weight is 531 g/mol. The standard InChI is InChI=1S/C26H25F3N4O5/c1-26(2,3)38-25(37)30-20-13-6-7-32(10-15(13)20)23-18(29)9-14-21(34)16(24(35)36)11-33(22(14)31-23)19-5-4-12(27)8-17(19)28/h4-5,8-9,11,13,15,20H,6-7,10H2,1-3H3,(H,30,37)(H,35,36)/t13-,15+,20+/m1/s1. The van der Waals surface area contributed by atoms with Crippen molar-refractivity contribution in [1.29, 1.82) is 0 Å². The maximum atomic E-state index is 15.3. The minimum Gasteiger partial charge on any atom is -0.477 e. The van der Waals surface area contributed by atoms with Crippen LogP contribution >= 0.6 is 0 Å². The number of aromatic carboxylic acids is 1. The molecule has 3 atom stereocenters.